The van der Waals surface area contributed by atoms with Crippen LogP contribution in [0.3, 0.4) is 0 Å². The van der Waals surface area contributed by atoms with Gasteiger partial charge in [-0.15, -0.1) is 0 Å². The summed E-state index contributed by atoms with van der Waals surface area (Å²) in [4.78, 5) is 23.5. The van der Waals surface area contributed by atoms with Crippen molar-refractivity contribution in [2.75, 3.05) is 18.2 Å². The number of ether oxygens (including phenoxy) is 1. The normalized spacial score (nSPS) is 10.2. The average molecular weight is 291 g/mol. The number of nitrogen functional groups attached to an aromatic ring is 1. The molecule has 21 heavy (non-hydrogen) atoms. The third-order valence-corrected chi connectivity index (χ3v) is 2.89. The number of anilines is 2. The summed E-state index contributed by atoms with van der Waals surface area (Å²) in [7, 11) is 2.86. The molecule has 0 fully saturated rings. The Morgan fingerprint density at radius 2 is 2.05 bits per heavy atom. The third-order valence-electron chi connectivity index (χ3n) is 2.89. The van der Waals surface area contributed by atoms with E-state index >= 15 is 0 Å². The first kappa shape index (κ1) is 14.6. The van der Waals surface area contributed by atoms with E-state index in [4.69, 9.17) is 5.73 Å². The lowest BCUT2D eigenvalue weighted by Gasteiger charge is -2.08. The molecule has 0 unspecified atom stereocenters. The Morgan fingerprint density at radius 1 is 1.33 bits per heavy atom. The second-order valence-electron chi connectivity index (χ2n) is 4.41. The van der Waals surface area contributed by atoms with Crippen LogP contribution in [-0.4, -0.2) is 23.6 Å². The zero-order chi connectivity index (χ0) is 15.6. The van der Waals surface area contributed by atoms with Gasteiger partial charge in [0.25, 0.3) is 5.91 Å². The number of hydrogen-bond acceptors (Lipinski definition) is 4. The predicted octanol–water partition coefficient (Wildman–Crippen LogP) is 1.79. The van der Waals surface area contributed by atoms with Crippen molar-refractivity contribution < 1.29 is 18.7 Å². The van der Waals surface area contributed by atoms with E-state index in [1.165, 1.54) is 29.9 Å². The fraction of sp³-hybridized carbons (Fsp3) is 0.143. The molecule has 0 bridgehead atoms. The van der Waals surface area contributed by atoms with E-state index in [1.807, 2.05) is 0 Å². The number of methoxy groups -OCH3 is 1. The highest BCUT2D eigenvalue weighted by molar-refractivity contribution is 6.04. The highest BCUT2D eigenvalue weighted by Crippen LogP contribution is 2.18. The van der Waals surface area contributed by atoms with Crippen molar-refractivity contribution in [1.29, 1.82) is 0 Å². The Balaban J connectivity index is 2.28. The molecule has 110 valence electrons. The Bertz CT molecular complexity index is 709. The molecule has 0 saturated heterocycles. The number of carbonyl (C=O) groups is 2. The van der Waals surface area contributed by atoms with Gasteiger partial charge < -0.3 is 20.4 Å². The minimum Gasteiger partial charge on any atom is -0.465 e. The third kappa shape index (κ3) is 3.02. The number of benzene rings is 1. The Morgan fingerprint density at radius 3 is 2.62 bits per heavy atom. The number of nitrogens with zero attached hydrogens (tertiary/aromatic N) is 1. The van der Waals surface area contributed by atoms with Gasteiger partial charge in [-0.05, 0) is 24.3 Å². The number of aryl methyl sites for hydroxylation is 1. The Kier molecular flexibility index (Phi) is 3.93. The molecule has 1 aromatic heterocycles. The van der Waals surface area contributed by atoms with Crippen LogP contribution in [0.1, 0.15) is 20.8 Å². The second kappa shape index (κ2) is 5.66. The van der Waals surface area contributed by atoms with Crippen LogP contribution in [0.4, 0.5) is 15.8 Å². The number of amides is 1. The molecule has 0 aliphatic heterocycles. The quantitative estimate of drug-likeness (QED) is 0.844. The summed E-state index contributed by atoms with van der Waals surface area (Å²) in [6, 6.07) is 5.04. The lowest BCUT2D eigenvalue weighted by atomic mass is 10.2. The molecule has 2 rings (SSSR count). The van der Waals surface area contributed by atoms with Gasteiger partial charge in [0.2, 0.25) is 0 Å². The molecule has 6 nitrogen and oxygen atoms in total. The maximum atomic E-state index is 13.7. The number of aromatic nitrogens is 1. The van der Waals surface area contributed by atoms with Crippen molar-refractivity contribution in [1.82, 2.24) is 4.57 Å². The van der Waals surface area contributed by atoms with Gasteiger partial charge in [0.1, 0.15) is 11.5 Å². The minimum absolute atomic E-state index is 0.109. The highest BCUT2D eigenvalue weighted by atomic mass is 19.1. The summed E-state index contributed by atoms with van der Waals surface area (Å²) in [6.07, 6.45) is 1.57. The van der Waals surface area contributed by atoms with Gasteiger partial charge in [0.05, 0.1) is 24.0 Å². The average Bonchev–Trinajstić information content (AvgIpc) is 2.79. The SMILES string of the molecule is COC(=O)c1ccc(F)c(NC(=O)c2cc(N)cn2C)c1. The molecule has 1 aromatic carbocycles. The van der Waals surface area contributed by atoms with Crippen molar-refractivity contribution in [3.05, 3.63) is 47.5 Å². The Labute approximate surface area is 120 Å². The summed E-state index contributed by atoms with van der Waals surface area (Å²) in [5, 5.41) is 2.40. The molecule has 3 N–H and O–H groups in total. The number of carbonyl (C=O) groups excluding carboxylic acids is 2. The molecule has 0 saturated carbocycles. The van der Waals surface area contributed by atoms with Crippen molar-refractivity contribution in [3.8, 4) is 0 Å². The Hall–Kier alpha value is -2.83. The first-order valence-electron chi connectivity index (χ1n) is 6.03. The van der Waals surface area contributed by atoms with Crippen LogP contribution in [0, 0.1) is 5.82 Å². The summed E-state index contributed by atoms with van der Waals surface area (Å²) in [5.74, 6) is -1.80. The van der Waals surface area contributed by atoms with Gasteiger partial charge in [-0.2, -0.15) is 0 Å². The molecule has 0 aliphatic carbocycles. The molecule has 1 heterocycles. The zero-order valence-electron chi connectivity index (χ0n) is 11.5. The number of halogens is 1. The lowest BCUT2D eigenvalue weighted by molar-refractivity contribution is 0.0600. The van der Waals surface area contributed by atoms with E-state index in [9.17, 15) is 14.0 Å². The smallest absolute Gasteiger partial charge is 0.337 e. The maximum Gasteiger partial charge on any atom is 0.337 e. The highest BCUT2D eigenvalue weighted by Gasteiger charge is 2.15. The van der Waals surface area contributed by atoms with Crippen molar-refractivity contribution in [2.45, 2.75) is 0 Å². The van der Waals surface area contributed by atoms with Crippen LogP contribution in [-0.2, 0) is 11.8 Å². The number of nitrogens with two attached hydrogens (primary N) is 1. The van der Waals surface area contributed by atoms with Crippen LogP contribution in [0.2, 0.25) is 0 Å². The van der Waals surface area contributed by atoms with Crippen molar-refractivity contribution >= 4 is 23.3 Å². The number of rotatable bonds is 3. The number of hydrogen-bond donors (Lipinski definition) is 2. The number of nitrogens with one attached hydrogen (secondary N) is 1. The van der Waals surface area contributed by atoms with Crippen LogP contribution in [0.25, 0.3) is 0 Å². The van der Waals surface area contributed by atoms with E-state index in [0.717, 1.165) is 6.07 Å². The molecule has 0 atom stereocenters. The monoisotopic (exact) mass is 291 g/mol. The molecule has 0 aliphatic rings. The maximum absolute atomic E-state index is 13.7. The molecule has 7 heteroatoms. The second-order valence-corrected chi connectivity index (χ2v) is 4.41. The van der Waals surface area contributed by atoms with Gasteiger partial charge in [0, 0.05) is 13.2 Å². The van der Waals surface area contributed by atoms with Crippen molar-refractivity contribution in [3.63, 3.8) is 0 Å². The molecular formula is C14H14FN3O3. The first-order chi connectivity index (χ1) is 9.92. The lowest BCUT2D eigenvalue weighted by Crippen LogP contribution is -2.16. The van der Waals surface area contributed by atoms with Gasteiger partial charge in [-0.3, -0.25) is 4.79 Å². The summed E-state index contributed by atoms with van der Waals surface area (Å²) < 4.78 is 19.8. The summed E-state index contributed by atoms with van der Waals surface area (Å²) >= 11 is 0. The molecule has 0 spiro atoms. The largest absolute Gasteiger partial charge is 0.465 e. The minimum atomic E-state index is -0.654. The van der Waals surface area contributed by atoms with Crippen LogP contribution < -0.4 is 11.1 Å². The van der Waals surface area contributed by atoms with E-state index < -0.39 is 17.7 Å². The van der Waals surface area contributed by atoms with E-state index in [2.05, 4.69) is 10.1 Å². The van der Waals surface area contributed by atoms with Crippen molar-refractivity contribution in [2.24, 2.45) is 7.05 Å². The molecule has 2 aromatic rings. The zero-order valence-corrected chi connectivity index (χ0v) is 11.5. The molecule has 1 amide bonds. The summed E-state index contributed by atoms with van der Waals surface area (Å²) in [6.45, 7) is 0. The standard InChI is InChI=1S/C14H14FN3O3/c1-18-7-9(16)6-12(18)13(19)17-11-5-8(14(20)21-2)3-4-10(11)15/h3-7H,16H2,1-2H3,(H,17,19). The van der Waals surface area contributed by atoms with Gasteiger partial charge >= 0.3 is 5.97 Å². The number of esters is 1. The fourth-order valence-electron chi connectivity index (χ4n) is 1.87. The van der Waals surface area contributed by atoms with Gasteiger partial charge in [-0.25, -0.2) is 9.18 Å². The van der Waals surface area contributed by atoms with Gasteiger partial charge in [0.15, 0.2) is 0 Å². The summed E-state index contributed by atoms with van der Waals surface area (Å²) in [5.41, 5.74) is 6.31. The topological polar surface area (TPSA) is 86.3 Å². The van der Waals surface area contributed by atoms with Crippen LogP contribution in [0.15, 0.2) is 30.5 Å². The first-order valence-corrected chi connectivity index (χ1v) is 6.03. The van der Waals surface area contributed by atoms with E-state index in [1.54, 1.807) is 13.2 Å². The molecular weight excluding hydrogens is 277 g/mol. The molecule has 0 radical (unpaired) electrons. The van der Waals surface area contributed by atoms with Crippen LogP contribution in [0.5, 0.6) is 0 Å². The van der Waals surface area contributed by atoms with E-state index in [-0.39, 0.29) is 16.9 Å². The van der Waals surface area contributed by atoms with Gasteiger partial charge in [-0.1, -0.05) is 0 Å². The fourth-order valence-corrected chi connectivity index (χ4v) is 1.87. The predicted molar refractivity (Wildman–Crippen MR) is 75.5 cm³/mol. The van der Waals surface area contributed by atoms with E-state index in [0.29, 0.717) is 5.69 Å². The van der Waals surface area contributed by atoms with Crippen LogP contribution >= 0.6 is 0 Å².